The van der Waals surface area contributed by atoms with Crippen molar-refractivity contribution in [3.8, 4) is 6.01 Å². The molecule has 1 heterocycles. The lowest BCUT2D eigenvalue weighted by molar-refractivity contribution is -0.134. The van der Waals surface area contributed by atoms with Gasteiger partial charge in [-0.2, -0.15) is 4.98 Å². The molecule has 0 bridgehead atoms. The normalized spacial score (nSPS) is 10.4. The van der Waals surface area contributed by atoms with E-state index in [1.165, 1.54) is 0 Å². The number of H-pyrrole nitrogens is 1. The van der Waals surface area contributed by atoms with Gasteiger partial charge in [0.1, 0.15) is 0 Å². The highest BCUT2D eigenvalue weighted by Gasteiger charge is 2.06. The quantitative estimate of drug-likeness (QED) is 0.735. The Morgan fingerprint density at radius 2 is 2.29 bits per heavy atom. The molecule has 1 aromatic heterocycles. The number of rotatable bonds is 2. The van der Waals surface area contributed by atoms with Gasteiger partial charge in [0, 0.05) is 6.42 Å². The summed E-state index contributed by atoms with van der Waals surface area (Å²) in [5.74, 6) is -0.288. The number of fused-ring (bicyclic) bond motifs is 1. The number of aromatic nitrogens is 2. The van der Waals surface area contributed by atoms with Gasteiger partial charge in [0.25, 0.3) is 0 Å². The molecule has 0 aliphatic heterocycles. The molecule has 0 saturated heterocycles. The maximum Gasteiger partial charge on any atom is 0.313 e. The zero-order valence-electron chi connectivity index (χ0n) is 7.78. The van der Waals surface area contributed by atoms with Gasteiger partial charge in [0.2, 0.25) is 0 Å². The summed E-state index contributed by atoms with van der Waals surface area (Å²) in [6.07, 6.45) is 0.344. The summed E-state index contributed by atoms with van der Waals surface area (Å²) in [6, 6.07) is 7.78. The molecular formula is C10H10N2O2. The SMILES string of the molecule is CCC(=O)Oc1nc2ccccc2[nH]1. The number of ether oxygens (including phenoxy) is 1. The summed E-state index contributed by atoms with van der Waals surface area (Å²) >= 11 is 0. The molecular weight excluding hydrogens is 180 g/mol. The van der Waals surface area contributed by atoms with Crippen LogP contribution in [-0.2, 0) is 4.79 Å². The minimum atomic E-state index is -0.288. The number of carbonyl (C=O) groups excluding carboxylic acids is 1. The molecule has 1 aromatic carbocycles. The van der Waals surface area contributed by atoms with Crippen LogP contribution in [0.5, 0.6) is 6.01 Å². The van der Waals surface area contributed by atoms with E-state index in [0.29, 0.717) is 6.42 Å². The van der Waals surface area contributed by atoms with E-state index in [1.54, 1.807) is 6.92 Å². The van der Waals surface area contributed by atoms with E-state index in [0.717, 1.165) is 11.0 Å². The maximum atomic E-state index is 11.0. The standard InChI is InChI=1S/C10H10N2O2/c1-2-9(13)14-10-11-7-5-3-4-6-8(7)12-10/h3-6H,2H2,1H3,(H,11,12). The second kappa shape index (κ2) is 3.49. The van der Waals surface area contributed by atoms with Gasteiger partial charge in [0.15, 0.2) is 0 Å². The minimum absolute atomic E-state index is 0.262. The van der Waals surface area contributed by atoms with Gasteiger partial charge in [0.05, 0.1) is 11.0 Å². The summed E-state index contributed by atoms with van der Waals surface area (Å²) < 4.78 is 4.94. The molecule has 4 nitrogen and oxygen atoms in total. The van der Waals surface area contributed by atoms with Gasteiger partial charge >= 0.3 is 12.0 Å². The summed E-state index contributed by atoms with van der Waals surface area (Å²) in [5, 5.41) is 0. The van der Waals surface area contributed by atoms with Crippen molar-refractivity contribution < 1.29 is 9.53 Å². The van der Waals surface area contributed by atoms with Crippen LogP contribution in [0.3, 0.4) is 0 Å². The number of imidazole rings is 1. The van der Waals surface area contributed by atoms with E-state index in [9.17, 15) is 4.79 Å². The Bertz CT molecular complexity index is 429. The number of nitrogens with zero attached hydrogens (tertiary/aromatic N) is 1. The summed E-state index contributed by atoms with van der Waals surface area (Å²) in [6.45, 7) is 1.74. The molecule has 0 atom stereocenters. The van der Waals surface area contributed by atoms with Crippen LogP contribution in [0, 0.1) is 0 Å². The van der Waals surface area contributed by atoms with Crippen molar-refractivity contribution in [2.75, 3.05) is 0 Å². The first-order valence-electron chi connectivity index (χ1n) is 4.45. The third-order valence-corrected chi connectivity index (χ3v) is 1.87. The summed E-state index contributed by atoms with van der Waals surface area (Å²) in [7, 11) is 0. The van der Waals surface area contributed by atoms with E-state index in [1.807, 2.05) is 24.3 Å². The van der Waals surface area contributed by atoms with E-state index in [2.05, 4.69) is 9.97 Å². The number of para-hydroxylation sites is 2. The van der Waals surface area contributed by atoms with Crippen LogP contribution in [0.2, 0.25) is 0 Å². The number of esters is 1. The van der Waals surface area contributed by atoms with Crippen LogP contribution >= 0.6 is 0 Å². The van der Waals surface area contributed by atoms with Crippen LogP contribution in [0.4, 0.5) is 0 Å². The van der Waals surface area contributed by atoms with Crippen molar-refractivity contribution in [1.29, 1.82) is 0 Å². The van der Waals surface area contributed by atoms with Crippen molar-refractivity contribution in [1.82, 2.24) is 9.97 Å². The first kappa shape index (κ1) is 8.74. The van der Waals surface area contributed by atoms with Crippen molar-refractivity contribution in [3.05, 3.63) is 24.3 Å². The highest BCUT2D eigenvalue weighted by molar-refractivity contribution is 5.77. The van der Waals surface area contributed by atoms with E-state index < -0.39 is 0 Å². The molecule has 2 rings (SSSR count). The van der Waals surface area contributed by atoms with E-state index >= 15 is 0 Å². The Labute approximate surface area is 80.9 Å². The molecule has 0 aliphatic rings. The third kappa shape index (κ3) is 1.59. The molecule has 2 aromatic rings. The molecule has 4 heteroatoms. The second-order valence-corrected chi connectivity index (χ2v) is 2.89. The number of nitrogens with one attached hydrogen (secondary N) is 1. The molecule has 0 aliphatic carbocycles. The second-order valence-electron chi connectivity index (χ2n) is 2.89. The predicted molar refractivity (Wildman–Crippen MR) is 52.0 cm³/mol. The fourth-order valence-electron chi connectivity index (χ4n) is 1.16. The van der Waals surface area contributed by atoms with Crippen molar-refractivity contribution in [2.24, 2.45) is 0 Å². The first-order chi connectivity index (χ1) is 6.79. The lowest BCUT2D eigenvalue weighted by Crippen LogP contribution is -2.06. The summed E-state index contributed by atoms with van der Waals surface area (Å²) in [5.41, 5.74) is 1.66. The lowest BCUT2D eigenvalue weighted by Gasteiger charge is -1.94. The van der Waals surface area contributed by atoms with E-state index in [-0.39, 0.29) is 12.0 Å². The van der Waals surface area contributed by atoms with Crippen LogP contribution in [0.15, 0.2) is 24.3 Å². The molecule has 0 unspecified atom stereocenters. The average molecular weight is 190 g/mol. The van der Waals surface area contributed by atoms with Crippen LogP contribution < -0.4 is 4.74 Å². The fourth-order valence-corrected chi connectivity index (χ4v) is 1.16. The van der Waals surface area contributed by atoms with Crippen molar-refractivity contribution in [2.45, 2.75) is 13.3 Å². The number of hydrogen-bond acceptors (Lipinski definition) is 3. The predicted octanol–water partition coefficient (Wildman–Crippen LogP) is 1.88. The average Bonchev–Trinajstić information content (AvgIpc) is 2.59. The zero-order valence-corrected chi connectivity index (χ0v) is 7.78. The summed E-state index contributed by atoms with van der Waals surface area (Å²) in [4.78, 5) is 18.0. The Kier molecular flexibility index (Phi) is 2.18. The largest absolute Gasteiger partial charge is 0.392 e. The Balaban J connectivity index is 2.31. The molecule has 0 radical (unpaired) electrons. The highest BCUT2D eigenvalue weighted by atomic mass is 16.5. The third-order valence-electron chi connectivity index (χ3n) is 1.87. The van der Waals surface area contributed by atoms with Gasteiger partial charge in [-0.25, -0.2) is 0 Å². The zero-order chi connectivity index (χ0) is 9.97. The Hall–Kier alpha value is -1.84. The molecule has 1 N–H and O–H groups in total. The van der Waals surface area contributed by atoms with Gasteiger partial charge in [-0.15, -0.1) is 0 Å². The topological polar surface area (TPSA) is 55.0 Å². The molecule has 72 valence electrons. The fraction of sp³-hybridized carbons (Fsp3) is 0.200. The Morgan fingerprint density at radius 3 is 3.00 bits per heavy atom. The van der Waals surface area contributed by atoms with Crippen molar-refractivity contribution in [3.63, 3.8) is 0 Å². The molecule has 0 fully saturated rings. The lowest BCUT2D eigenvalue weighted by atomic mass is 10.3. The monoisotopic (exact) mass is 190 g/mol. The maximum absolute atomic E-state index is 11.0. The minimum Gasteiger partial charge on any atom is -0.392 e. The van der Waals surface area contributed by atoms with Gasteiger partial charge in [-0.05, 0) is 12.1 Å². The molecule has 0 amide bonds. The van der Waals surface area contributed by atoms with Gasteiger partial charge in [-0.1, -0.05) is 19.1 Å². The Morgan fingerprint density at radius 1 is 1.50 bits per heavy atom. The van der Waals surface area contributed by atoms with Gasteiger partial charge < -0.3 is 9.72 Å². The van der Waals surface area contributed by atoms with E-state index in [4.69, 9.17) is 4.74 Å². The van der Waals surface area contributed by atoms with Crippen LogP contribution in [0.25, 0.3) is 11.0 Å². The smallest absolute Gasteiger partial charge is 0.313 e. The molecule has 0 spiro atoms. The number of carbonyl (C=O) groups is 1. The van der Waals surface area contributed by atoms with Crippen LogP contribution in [-0.4, -0.2) is 15.9 Å². The molecule has 14 heavy (non-hydrogen) atoms. The number of aromatic amines is 1. The number of hydrogen-bond donors (Lipinski definition) is 1. The molecule has 0 saturated carbocycles. The number of benzene rings is 1. The first-order valence-corrected chi connectivity index (χ1v) is 4.45. The van der Waals surface area contributed by atoms with Crippen LogP contribution in [0.1, 0.15) is 13.3 Å². The van der Waals surface area contributed by atoms with Crippen molar-refractivity contribution >= 4 is 17.0 Å². The highest BCUT2D eigenvalue weighted by Crippen LogP contribution is 2.14. The van der Waals surface area contributed by atoms with Gasteiger partial charge in [-0.3, -0.25) is 4.79 Å².